The summed E-state index contributed by atoms with van der Waals surface area (Å²) in [6.45, 7) is 2.52. The highest BCUT2D eigenvalue weighted by Gasteiger charge is 2.27. The molecule has 1 aromatic carbocycles. The minimum atomic E-state index is -0.395. The average molecular weight is 277 g/mol. The summed E-state index contributed by atoms with van der Waals surface area (Å²) in [6, 6.07) is 6.49. The molecule has 110 valence electrons. The first-order chi connectivity index (χ1) is 9.58. The molecule has 2 atom stereocenters. The Morgan fingerprint density at radius 3 is 2.65 bits per heavy atom. The van der Waals surface area contributed by atoms with Crippen LogP contribution < -0.4 is 0 Å². The molecule has 2 N–H and O–H groups in total. The maximum absolute atomic E-state index is 12.6. The summed E-state index contributed by atoms with van der Waals surface area (Å²) in [6.07, 6.45) is 4.44. The molecule has 1 aliphatic rings. The fourth-order valence-electron chi connectivity index (χ4n) is 2.85. The molecular formula is C16H23NO3. The fourth-order valence-corrected chi connectivity index (χ4v) is 2.85. The number of phenolic OH excluding ortho intramolecular Hbond substituents is 1. The van der Waals surface area contributed by atoms with Crippen molar-refractivity contribution in [2.75, 3.05) is 6.54 Å². The van der Waals surface area contributed by atoms with Crippen LogP contribution in [0.5, 0.6) is 5.75 Å². The maximum Gasteiger partial charge on any atom is 0.254 e. The molecule has 2 rings (SSSR count). The number of amides is 1. The van der Waals surface area contributed by atoms with E-state index in [1.807, 2.05) is 4.90 Å². The zero-order chi connectivity index (χ0) is 14.5. The zero-order valence-electron chi connectivity index (χ0n) is 12.0. The highest BCUT2D eigenvalue weighted by atomic mass is 16.3. The molecule has 1 saturated heterocycles. The lowest BCUT2D eigenvalue weighted by atomic mass is 10.0. The lowest BCUT2D eigenvalue weighted by Crippen LogP contribution is -2.41. The predicted octanol–water partition coefficient (Wildman–Crippen LogP) is 2.55. The second-order valence-electron chi connectivity index (χ2n) is 5.63. The van der Waals surface area contributed by atoms with Gasteiger partial charge in [-0.1, -0.05) is 12.8 Å². The Labute approximate surface area is 120 Å². The van der Waals surface area contributed by atoms with Gasteiger partial charge in [-0.25, -0.2) is 0 Å². The number of hydrogen-bond donors (Lipinski definition) is 2. The van der Waals surface area contributed by atoms with E-state index >= 15 is 0 Å². The summed E-state index contributed by atoms with van der Waals surface area (Å²) in [4.78, 5) is 14.5. The summed E-state index contributed by atoms with van der Waals surface area (Å²) >= 11 is 0. The molecular weight excluding hydrogens is 254 g/mol. The van der Waals surface area contributed by atoms with Crippen molar-refractivity contribution in [1.29, 1.82) is 0 Å². The third kappa shape index (κ3) is 3.73. The SMILES string of the molecule is CC(O)CC1CCCCCN1C(=O)c1ccc(O)cc1. The molecule has 1 amide bonds. The topological polar surface area (TPSA) is 60.8 Å². The van der Waals surface area contributed by atoms with E-state index in [1.165, 1.54) is 12.1 Å². The Bertz CT molecular complexity index is 442. The smallest absolute Gasteiger partial charge is 0.254 e. The Morgan fingerprint density at radius 2 is 2.00 bits per heavy atom. The maximum atomic E-state index is 12.6. The highest BCUT2D eigenvalue weighted by molar-refractivity contribution is 5.94. The number of carbonyl (C=O) groups excluding carboxylic acids is 1. The van der Waals surface area contributed by atoms with Gasteiger partial charge in [-0.15, -0.1) is 0 Å². The van der Waals surface area contributed by atoms with Crippen molar-refractivity contribution in [3.63, 3.8) is 0 Å². The van der Waals surface area contributed by atoms with Crippen LogP contribution in [0.3, 0.4) is 0 Å². The molecule has 0 aliphatic carbocycles. The van der Waals surface area contributed by atoms with Crippen molar-refractivity contribution in [3.05, 3.63) is 29.8 Å². The lowest BCUT2D eigenvalue weighted by molar-refractivity contribution is 0.0607. The van der Waals surface area contributed by atoms with Crippen LogP contribution in [0, 0.1) is 0 Å². The van der Waals surface area contributed by atoms with Gasteiger partial charge in [-0.05, 0) is 50.5 Å². The molecule has 4 heteroatoms. The van der Waals surface area contributed by atoms with Crippen LogP contribution in [-0.2, 0) is 0 Å². The minimum absolute atomic E-state index is 0.00227. The average Bonchev–Trinajstić information content (AvgIpc) is 2.63. The first-order valence-electron chi connectivity index (χ1n) is 7.36. The normalized spacial score (nSPS) is 21.3. The van der Waals surface area contributed by atoms with Crippen LogP contribution in [0.4, 0.5) is 0 Å². The first kappa shape index (κ1) is 14.9. The van der Waals surface area contributed by atoms with Crippen LogP contribution in [0.25, 0.3) is 0 Å². The second-order valence-corrected chi connectivity index (χ2v) is 5.63. The van der Waals surface area contributed by atoms with Crippen molar-refractivity contribution in [2.24, 2.45) is 0 Å². The van der Waals surface area contributed by atoms with E-state index < -0.39 is 6.10 Å². The fraction of sp³-hybridized carbons (Fsp3) is 0.562. The number of aliphatic hydroxyl groups excluding tert-OH is 1. The summed E-state index contributed by atoms with van der Waals surface area (Å²) in [5, 5.41) is 18.9. The first-order valence-corrected chi connectivity index (χ1v) is 7.36. The van der Waals surface area contributed by atoms with E-state index in [4.69, 9.17) is 0 Å². The molecule has 1 heterocycles. The lowest BCUT2D eigenvalue weighted by Gasteiger charge is -2.31. The van der Waals surface area contributed by atoms with Crippen LogP contribution in [0.1, 0.15) is 49.4 Å². The number of likely N-dealkylation sites (tertiary alicyclic amines) is 1. The zero-order valence-corrected chi connectivity index (χ0v) is 12.0. The van der Waals surface area contributed by atoms with Gasteiger partial charge in [0, 0.05) is 18.2 Å². The van der Waals surface area contributed by atoms with Gasteiger partial charge in [0.05, 0.1) is 6.10 Å². The predicted molar refractivity (Wildman–Crippen MR) is 77.7 cm³/mol. The number of phenols is 1. The van der Waals surface area contributed by atoms with E-state index in [2.05, 4.69) is 0 Å². The quantitative estimate of drug-likeness (QED) is 0.892. The Morgan fingerprint density at radius 1 is 1.30 bits per heavy atom. The molecule has 0 radical (unpaired) electrons. The molecule has 1 fully saturated rings. The number of hydrogen-bond acceptors (Lipinski definition) is 3. The van der Waals surface area contributed by atoms with Crippen molar-refractivity contribution in [2.45, 2.75) is 51.2 Å². The van der Waals surface area contributed by atoms with Gasteiger partial charge < -0.3 is 15.1 Å². The van der Waals surface area contributed by atoms with Gasteiger partial charge >= 0.3 is 0 Å². The largest absolute Gasteiger partial charge is 0.508 e. The molecule has 0 bridgehead atoms. The molecule has 0 aromatic heterocycles. The molecule has 1 aliphatic heterocycles. The molecule has 4 nitrogen and oxygen atoms in total. The van der Waals surface area contributed by atoms with Gasteiger partial charge in [0.25, 0.3) is 5.91 Å². The van der Waals surface area contributed by atoms with Crippen LogP contribution in [0.15, 0.2) is 24.3 Å². The van der Waals surface area contributed by atoms with E-state index in [0.29, 0.717) is 12.0 Å². The third-order valence-corrected chi connectivity index (χ3v) is 3.87. The van der Waals surface area contributed by atoms with E-state index in [9.17, 15) is 15.0 Å². The van der Waals surface area contributed by atoms with Crippen LogP contribution in [-0.4, -0.2) is 39.7 Å². The van der Waals surface area contributed by atoms with E-state index in [1.54, 1.807) is 19.1 Å². The summed E-state index contributed by atoms with van der Waals surface area (Å²) in [7, 11) is 0. The number of rotatable bonds is 3. The van der Waals surface area contributed by atoms with E-state index in [0.717, 1.165) is 32.2 Å². The van der Waals surface area contributed by atoms with Gasteiger partial charge in [-0.2, -0.15) is 0 Å². The number of nitrogens with zero attached hydrogens (tertiary/aromatic N) is 1. The van der Waals surface area contributed by atoms with Gasteiger partial charge in [0.1, 0.15) is 5.75 Å². The standard InChI is InChI=1S/C16H23NO3/c1-12(18)11-14-5-3-2-4-10-17(14)16(20)13-6-8-15(19)9-7-13/h6-9,12,14,18-19H,2-5,10-11H2,1H3. The third-order valence-electron chi connectivity index (χ3n) is 3.87. The molecule has 20 heavy (non-hydrogen) atoms. The van der Waals surface area contributed by atoms with E-state index in [-0.39, 0.29) is 17.7 Å². The Balaban J connectivity index is 2.16. The summed E-state index contributed by atoms with van der Waals surface area (Å²) in [5.74, 6) is 0.162. The molecule has 1 aromatic rings. The second kappa shape index (κ2) is 6.75. The van der Waals surface area contributed by atoms with Gasteiger partial charge in [0.2, 0.25) is 0 Å². The number of carbonyl (C=O) groups is 1. The Hall–Kier alpha value is -1.55. The number of benzene rings is 1. The summed E-state index contributed by atoms with van der Waals surface area (Å²) in [5.41, 5.74) is 0.597. The monoisotopic (exact) mass is 277 g/mol. The number of aromatic hydroxyl groups is 1. The Kier molecular flexibility index (Phi) is 5.01. The molecule has 0 saturated carbocycles. The number of aliphatic hydroxyl groups is 1. The van der Waals surface area contributed by atoms with Crippen molar-refractivity contribution in [3.8, 4) is 5.75 Å². The molecule has 0 spiro atoms. The molecule has 2 unspecified atom stereocenters. The van der Waals surface area contributed by atoms with Crippen molar-refractivity contribution in [1.82, 2.24) is 4.90 Å². The summed E-state index contributed by atoms with van der Waals surface area (Å²) < 4.78 is 0. The highest BCUT2D eigenvalue weighted by Crippen LogP contribution is 2.23. The van der Waals surface area contributed by atoms with Crippen molar-refractivity contribution < 1.29 is 15.0 Å². The van der Waals surface area contributed by atoms with Crippen LogP contribution >= 0.6 is 0 Å². The van der Waals surface area contributed by atoms with Gasteiger partial charge in [-0.3, -0.25) is 4.79 Å². The van der Waals surface area contributed by atoms with Crippen molar-refractivity contribution >= 4 is 5.91 Å². The van der Waals surface area contributed by atoms with Crippen LogP contribution in [0.2, 0.25) is 0 Å². The minimum Gasteiger partial charge on any atom is -0.508 e. The van der Waals surface area contributed by atoms with Gasteiger partial charge in [0.15, 0.2) is 0 Å².